The summed E-state index contributed by atoms with van der Waals surface area (Å²) in [6.45, 7) is 0.303. The summed E-state index contributed by atoms with van der Waals surface area (Å²) in [5.41, 5.74) is -0.271. The van der Waals surface area contributed by atoms with Crippen molar-refractivity contribution in [3.8, 4) is 0 Å². The molecule has 0 aromatic heterocycles. The molecule has 0 bridgehead atoms. The third-order valence-electron chi connectivity index (χ3n) is 3.23. The number of rotatable bonds is 3. The van der Waals surface area contributed by atoms with Gasteiger partial charge in [0.2, 0.25) is 0 Å². The van der Waals surface area contributed by atoms with Gasteiger partial charge in [0, 0.05) is 6.54 Å². The van der Waals surface area contributed by atoms with E-state index in [0.717, 1.165) is 25.7 Å². The summed E-state index contributed by atoms with van der Waals surface area (Å²) in [5.74, 6) is -0.226. The van der Waals surface area contributed by atoms with Crippen LogP contribution in [0.5, 0.6) is 0 Å². The molecule has 0 spiro atoms. The zero-order valence-electron chi connectivity index (χ0n) is 9.58. The lowest BCUT2D eigenvalue weighted by molar-refractivity contribution is 0.0449. The van der Waals surface area contributed by atoms with E-state index < -0.39 is 5.60 Å². The van der Waals surface area contributed by atoms with Crippen LogP contribution in [0.4, 0.5) is 0 Å². The molecule has 1 aliphatic rings. The molecule has 0 saturated heterocycles. The summed E-state index contributed by atoms with van der Waals surface area (Å²) >= 11 is 5.93. The molecule has 1 aromatic rings. The molecular weight excluding hydrogens is 238 g/mol. The number of carbonyl (C=O) groups is 1. The van der Waals surface area contributed by atoms with Crippen molar-refractivity contribution >= 4 is 17.5 Å². The number of halogens is 1. The van der Waals surface area contributed by atoms with Crippen LogP contribution < -0.4 is 5.32 Å². The fraction of sp³-hybridized carbons (Fsp3) is 0.462. The van der Waals surface area contributed by atoms with Crippen LogP contribution in [-0.2, 0) is 0 Å². The molecule has 2 N–H and O–H groups in total. The average Bonchev–Trinajstić information content (AvgIpc) is 2.74. The number of carbonyl (C=O) groups excluding carboxylic acids is 1. The van der Waals surface area contributed by atoms with Gasteiger partial charge in [-0.15, -0.1) is 0 Å². The van der Waals surface area contributed by atoms with E-state index >= 15 is 0 Å². The molecule has 1 saturated carbocycles. The highest BCUT2D eigenvalue weighted by Gasteiger charge is 2.31. The minimum Gasteiger partial charge on any atom is -0.388 e. The van der Waals surface area contributed by atoms with Gasteiger partial charge < -0.3 is 10.4 Å². The van der Waals surface area contributed by atoms with Gasteiger partial charge >= 0.3 is 0 Å². The van der Waals surface area contributed by atoms with Gasteiger partial charge in [0.1, 0.15) is 0 Å². The number of amides is 1. The summed E-state index contributed by atoms with van der Waals surface area (Å²) < 4.78 is 0. The van der Waals surface area contributed by atoms with E-state index in [4.69, 9.17) is 11.6 Å². The van der Waals surface area contributed by atoms with Crippen molar-refractivity contribution in [1.82, 2.24) is 5.32 Å². The molecule has 1 aromatic carbocycles. The molecule has 3 nitrogen and oxygen atoms in total. The molecule has 0 aliphatic heterocycles. The Hall–Kier alpha value is -1.06. The fourth-order valence-electron chi connectivity index (χ4n) is 2.20. The molecule has 0 heterocycles. The van der Waals surface area contributed by atoms with Gasteiger partial charge in [0.15, 0.2) is 0 Å². The first-order valence-corrected chi connectivity index (χ1v) is 6.24. The van der Waals surface area contributed by atoms with E-state index in [1.807, 2.05) is 0 Å². The van der Waals surface area contributed by atoms with Crippen molar-refractivity contribution in [3.63, 3.8) is 0 Å². The van der Waals surface area contributed by atoms with E-state index in [-0.39, 0.29) is 5.91 Å². The van der Waals surface area contributed by atoms with Crippen molar-refractivity contribution in [3.05, 3.63) is 34.9 Å². The van der Waals surface area contributed by atoms with Crippen molar-refractivity contribution < 1.29 is 9.90 Å². The summed E-state index contributed by atoms with van der Waals surface area (Å²) in [6.07, 6.45) is 3.57. The molecule has 4 heteroatoms. The van der Waals surface area contributed by atoms with Crippen LogP contribution in [-0.4, -0.2) is 23.2 Å². The first-order valence-electron chi connectivity index (χ1n) is 5.86. The third-order valence-corrected chi connectivity index (χ3v) is 3.56. The normalized spacial score (nSPS) is 18.0. The van der Waals surface area contributed by atoms with Gasteiger partial charge in [-0.2, -0.15) is 0 Å². The van der Waals surface area contributed by atoms with Crippen LogP contribution >= 0.6 is 11.6 Å². The minimum absolute atomic E-state index is 0.226. The molecule has 1 aliphatic carbocycles. The van der Waals surface area contributed by atoms with Crippen LogP contribution in [0.15, 0.2) is 24.3 Å². The summed E-state index contributed by atoms with van der Waals surface area (Å²) in [6, 6.07) is 6.91. The minimum atomic E-state index is -0.725. The smallest absolute Gasteiger partial charge is 0.252 e. The second-order valence-corrected chi connectivity index (χ2v) is 5.00. The van der Waals surface area contributed by atoms with Crippen LogP contribution in [0.2, 0.25) is 5.02 Å². The maximum absolute atomic E-state index is 11.9. The third kappa shape index (κ3) is 2.99. The highest BCUT2D eigenvalue weighted by atomic mass is 35.5. The zero-order chi connectivity index (χ0) is 12.3. The Bertz CT molecular complexity index is 414. The molecule has 92 valence electrons. The topological polar surface area (TPSA) is 49.3 Å². The van der Waals surface area contributed by atoms with Crippen LogP contribution in [0.25, 0.3) is 0 Å². The first kappa shape index (κ1) is 12.4. The average molecular weight is 254 g/mol. The lowest BCUT2D eigenvalue weighted by Crippen LogP contribution is -2.40. The molecule has 1 fully saturated rings. The zero-order valence-corrected chi connectivity index (χ0v) is 10.3. The Morgan fingerprint density at radius 2 is 2.00 bits per heavy atom. The summed E-state index contributed by atoms with van der Waals surface area (Å²) in [5, 5.41) is 13.3. The lowest BCUT2D eigenvalue weighted by atomic mass is 10.0. The Balaban J connectivity index is 1.96. The molecule has 1 amide bonds. The molecule has 0 radical (unpaired) electrons. The monoisotopic (exact) mass is 253 g/mol. The quantitative estimate of drug-likeness (QED) is 0.869. The Labute approximate surface area is 106 Å². The largest absolute Gasteiger partial charge is 0.388 e. The van der Waals surface area contributed by atoms with Crippen molar-refractivity contribution in [2.75, 3.05) is 6.54 Å². The molecule has 0 atom stereocenters. The fourth-order valence-corrected chi connectivity index (χ4v) is 2.42. The van der Waals surface area contributed by atoms with Crippen LogP contribution in [0, 0.1) is 0 Å². The van der Waals surface area contributed by atoms with E-state index in [2.05, 4.69) is 5.32 Å². The Morgan fingerprint density at radius 1 is 1.35 bits per heavy atom. The van der Waals surface area contributed by atoms with E-state index in [1.165, 1.54) is 0 Å². The first-order chi connectivity index (χ1) is 8.11. The highest BCUT2D eigenvalue weighted by molar-refractivity contribution is 6.33. The molecular formula is C13H16ClNO2. The van der Waals surface area contributed by atoms with Crippen molar-refractivity contribution in [2.45, 2.75) is 31.3 Å². The van der Waals surface area contributed by atoms with Gasteiger partial charge in [-0.05, 0) is 25.0 Å². The van der Waals surface area contributed by atoms with Crippen molar-refractivity contribution in [2.24, 2.45) is 0 Å². The van der Waals surface area contributed by atoms with Crippen LogP contribution in [0.1, 0.15) is 36.0 Å². The number of benzene rings is 1. The van der Waals surface area contributed by atoms with Crippen molar-refractivity contribution in [1.29, 1.82) is 0 Å². The van der Waals surface area contributed by atoms with E-state index in [9.17, 15) is 9.90 Å². The second-order valence-electron chi connectivity index (χ2n) is 4.59. The standard InChI is InChI=1S/C13H16ClNO2/c14-11-6-2-1-5-10(11)12(16)15-9-13(17)7-3-4-8-13/h1-2,5-6,17H,3-4,7-9H2,(H,15,16). The van der Waals surface area contributed by atoms with Gasteiger partial charge in [0.05, 0.1) is 16.2 Å². The molecule has 2 rings (SSSR count). The maximum atomic E-state index is 11.9. The number of hydrogen-bond donors (Lipinski definition) is 2. The summed E-state index contributed by atoms with van der Waals surface area (Å²) in [7, 11) is 0. The maximum Gasteiger partial charge on any atom is 0.252 e. The predicted octanol–water partition coefficient (Wildman–Crippen LogP) is 2.37. The lowest BCUT2D eigenvalue weighted by Gasteiger charge is -2.22. The van der Waals surface area contributed by atoms with Crippen LogP contribution in [0.3, 0.4) is 0 Å². The van der Waals surface area contributed by atoms with E-state index in [1.54, 1.807) is 24.3 Å². The van der Waals surface area contributed by atoms with Gasteiger partial charge in [-0.1, -0.05) is 36.6 Å². The summed E-state index contributed by atoms with van der Waals surface area (Å²) in [4.78, 5) is 11.9. The highest BCUT2D eigenvalue weighted by Crippen LogP contribution is 2.28. The van der Waals surface area contributed by atoms with Gasteiger partial charge in [0.25, 0.3) is 5.91 Å². The SMILES string of the molecule is O=C(NCC1(O)CCCC1)c1ccccc1Cl. The number of nitrogens with one attached hydrogen (secondary N) is 1. The second kappa shape index (κ2) is 5.07. The van der Waals surface area contributed by atoms with Gasteiger partial charge in [-0.3, -0.25) is 4.79 Å². The number of hydrogen-bond acceptors (Lipinski definition) is 2. The number of aliphatic hydroxyl groups is 1. The van der Waals surface area contributed by atoms with E-state index in [0.29, 0.717) is 17.1 Å². The molecule has 0 unspecified atom stereocenters. The molecule has 17 heavy (non-hydrogen) atoms. The Kier molecular flexibility index (Phi) is 3.69. The Morgan fingerprint density at radius 3 is 2.65 bits per heavy atom. The predicted molar refractivity (Wildman–Crippen MR) is 67.2 cm³/mol. The van der Waals surface area contributed by atoms with Gasteiger partial charge in [-0.25, -0.2) is 0 Å².